The Labute approximate surface area is 148 Å². The van der Waals surface area contributed by atoms with Crippen molar-refractivity contribution in [1.82, 2.24) is 4.90 Å². The first-order valence-corrected chi connectivity index (χ1v) is 8.94. The molecule has 2 aliphatic heterocycles. The predicted molar refractivity (Wildman–Crippen MR) is 103 cm³/mol. The number of piperazine rings is 1. The molecule has 0 spiro atoms. The highest BCUT2D eigenvalue weighted by Crippen LogP contribution is 2.29. The summed E-state index contributed by atoms with van der Waals surface area (Å²) in [6.07, 6.45) is 0. The Morgan fingerprint density at radius 2 is 1.56 bits per heavy atom. The Morgan fingerprint density at radius 1 is 0.880 bits per heavy atom. The van der Waals surface area contributed by atoms with Gasteiger partial charge < -0.3 is 15.1 Å². The highest BCUT2D eigenvalue weighted by atomic mass is 16.2. The maximum absolute atomic E-state index is 13.0. The summed E-state index contributed by atoms with van der Waals surface area (Å²) in [6.45, 7) is 6.94. The molecule has 0 radical (unpaired) electrons. The Morgan fingerprint density at radius 3 is 2.32 bits per heavy atom. The molecule has 2 heterocycles. The van der Waals surface area contributed by atoms with Crippen LogP contribution in [0.3, 0.4) is 0 Å². The van der Waals surface area contributed by atoms with Crippen molar-refractivity contribution < 1.29 is 4.79 Å². The van der Waals surface area contributed by atoms with E-state index in [1.54, 1.807) is 0 Å². The van der Waals surface area contributed by atoms with E-state index in [9.17, 15) is 4.79 Å². The topological polar surface area (TPSA) is 38.8 Å². The maximum atomic E-state index is 13.0. The van der Waals surface area contributed by atoms with Gasteiger partial charge in [-0.05, 0) is 30.7 Å². The zero-order valence-corrected chi connectivity index (χ0v) is 14.6. The number of hydrogen-bond donors (Lipinski definition) is 1. The number of nitrogens with zero attached hydrogens (tertiary/aromatic N) is 3. The fourth-order valence-corrected chi connectivity index (χ4v) is 3.71. The Kier molecular flexibility index (Phi) is 4.22. The third-order valence-corrected chi connectivity index (χ3v) is 5.08. The second kappa shape index (κ2) is 6.67. The van der Waals surface area contributed by atoms with Crippen LogP contribution in [-0.2, 0) is 0 Å². The molecular weight excluding hydrogens is 312 g/mol. The number of aryl methyl sites for hydroxylation is 1. The Hall–Kier alpha value is -2.69. The van der Waals surface area contributed by atoms with Crippen LogP contribution in [0.25, 0.3) is 0 Å². The van der Waals surface area contributed by atoms with E-state index in [2.05, 4.69) is 41.4 Å². The number of urea groups is 1. The van der Waals surface area contributed by atoms with E-state index in [0.717, 1.165) is 44.1 Å². The highest BCUT2D eigenvalue weighted by molar-refractivity contribution is 5.96. The molecule has 130 valence electrons. The first kappa shape index (κ1) is 15.8. The molecule has 1 fully saturated rings. The zero-order chi connectivity index (χ0) is 17.2. The van der Waals surface area contributed by atoms with Crippen LogP contribution in [0.5, 0.6) is 0 Å². The van der Waals surface area contributed by atoms with Crippen molar-refractivity contribution in [3.8, 4) is 0 Å². The van der Waals surface area contributed by atoms with Crippen molar-refractivity contribution in [1.29, 1.82) is 0 Å². The quantitative estimate of drug-likeness (QED) is 0.869. The average molecular weight is 336 g/mol. The number of nitrogens with one attached hydrogen (secondary N) is 1. The molecule has 1 N–H and O–H groups in total. The molecule has 5 nitrogen and oxygen atoms in total. The summed E-state index contributed by atoms with van der Waals surface area (Å²) in [5.41, 5.74) is 4.60. The number of hydrogen-bond acceptors (Lipinski definition) is 3. The van der Waals surface area contributed by atoms with Gasteiger partial charge in [0.05, 0.1) is 11.4 Å². The molecular formula is C20H24N4O. The van der Waals surface area contributed by atoms with Crippen LogP contribution in [0.4, 0.5) is 21.9 Å². The van der Waals surface area contributed by atoms with E-state index < -0.39 is 0 Å². The van der Waals surface area contributed by atoms with E-state index in [4.69, 9.17) is 0 Å². The van der Waals surface area contributed by atoms with Gasteiger partial charge in [0.15, 0.2) is 0 Å². The highest BCUT2D eigenvalue weighted by Gasteiger charge is 2.29. The fourth-order valence-electron chi connectivity index (χ4n) is 3.71. The van der Waals surface area contributed by atoms with Crippen molar-refractivity contribution in [2.75, 3.05) is 54.4 Å². The lowest BCUT2D eigenvalue weighted by molar-refractivity contribution is 0.201. The Balaban J connectivity index is 1.45. The molecule has 4 rings (SSSR count). The minimum atomic E-state index is 0.124. The van der Waals surface area contributed by atoms with Crippen molar-refractivity contribution in [2.45, 2.75) is 6.92 Å². The number of anilines is 3. The number of benzene rings is 2. The van der Waals surface area contributed by atoms with E-state index in [1.807, 2.05) is 34.1 Å². The Bertz CT molecular complexity index is 768. The molecule has 0 aliphatic carbocycles. The van der Waals surface area contributed by atoms with Crippen molar-refractivity contribution in [3.63, 3.8) is 0 Å². The summed E-state index contributed by atoms with van der Waals surface area (Å²) in [6, 6.07) is 16.6. The molecule has 2 aliphatic rings. The van der Waals surface area contributed by atoms with Crippen LogP contribution in [0.2, 0.25) is 0 Å². The van der Waals surface area contributed by atoms with Crippen LogP contribution in [0, 0.1) is 6.92 Å². The largest absolute Gasteiger partial charge is 0.382 e. The van der Waals surface area contributed by atoms with Gasteiger partial charge in [0.2, 0.25) is 0 Å². The first-order chi connectivity index (χ1) is 12.2. The van der Waals surface area contributed by atoms with Gasteiger partial charge in [-0.15, -0.1) is 0 Å². The molecule has 0 unspecified atom stereocenters. The van der Waals surface area contributed by atoms with Crippen LogP contribution < -0.4 is 15.1 Å². The number of carbonyl (C=O) groups excluding carboxylic acids is 1. The third kappa shape index (κ3) is 3.02. The number of para-hydroxylation sites is 3. The molecule has 2 amide bonds. The summed E-state index contributed by atoms with van der Waals surface area (Å²) < 4.78 is 0. The van der Waals surface area contributed by atoms with Gasteiger partial charge >= 0.3 is 6.03 Å². The van der Waals surface area contributed by atoms with Crippen LogP contribution >= 0.6 is 0 Å². The average Bonchev–Trinajstić information content (AvgIpc) is 2.67. The zero-order valence-electron chi connectivity index (χ0n) is 14.6. The van der Waals surface area contributed by atoms with Crippen molar-refractivity contribution >= 4 is 23.1 Å². The normalized spacial score (nSPS) is 17.1. The number of fused-ring (bicyclic) bond motifs is 1. The van der Waals surface area contributed by atoms with Gasteiger partial charge in [-0.25, -0.2) is 4.79 Å². The second-order valence-corrected chi connectivity index (χ2v) is 6.64. The van der Waals surface area contributed by atoms with Gasteiger partial charge in [-0.3, -0.25) is 4.90 Å². The molecule has 2 aromatic rings. The number of carbonyl (C=O) groups is 1. The number of amides is 2. The van der Waals surface area contributed by atoms with E-state index in [-0.39, 0.29) is 6.03 Å². The van der Waals surface area contributed by atoms with Crippen LogP contribution in [-0.4, -0.2) is 50.2 Å². The lowest BCUT2D eigenvalue weighted by Crippen LogP contribution is -2.54. The standard InChI is InChI=1S/C20H24N4O/c1-16-6-2-4-8-18(16)22-12-14-23(15-13-22)20(25)24-11-10-21-17-7-3-5-9-19(17)24/h2-9,21H,10-15H2,1H3. The smallest absolute Gasteiger partial charge is 0.324 e. The van der Waals surface area contributed by atoms with Gasteiger partial charge in [0, 0.05) is 45.0 Å². The first-order valence-electron chi connectivity index (χ1n) is 8.94. The summed E-state index contributed by atoms with van der Waals surface area (Å²) in [5.74, 6) is 0. The summed E-state index contributed by atoms with van der Waals surface area (Å²) >= 11 is 0. The van der Waals surface area contributed by atoms with E-state index >= 15 is 0 Å². The SMILES string of the molecule is Cc1ccccc1N1CCN(C(=O)N2CCNc3ccccc32)CC1. The molecule has 1 saturated heterocycles. The lowest BCUT2D eigenvalue weighted by Gasteiger charge is -2.40. The van der Waals surface area contributed by atoms with E-state index in [0.29, 0.717) is 6.54 Å². The molecule has 0 bridgehead atoms. The fraction of sp³-hybridized carbons (Fsp3) is 0.350. The van der Waals surface area contributed by atoms with Crippen LogP contribution in [0.1, 0.15) is 5.56 Å². The monoisotopic (exact) mass is 336 g/mol. The third-order valence-electron chi connectivity index (χ3n) is 5.08. The van der Waals surface area contributed by atoms with Gasteiger partial charge in [-0.2, -0.15) is 0 Å². The minimum Gasteiger partial charge on any atom is -0.382 e. The van der Waals surface area contributed by atoms with E-state index in [1.165, 1.54) is 11.3 Å². The van der Waals surface area contributed by atoms with Gasteiger partial charge in [-0.1, -0.05) is 30.3 Å². The molecule has 5 heteroatoms. The molecule has 0 aromatic heterocycles. The lowest BCUT2D eigenvalue weighted by atomic mass is 10.1. The van der Waals surface area contributed by atoms with Gasteiger partial charge in [0.25, 0.3) is 0 Å². The second-order valence-electron chi connectivity index (χ2n) is 6.64. The predicted octanol–water partition coefficient (Wildman–Crippen LogP) is 3.17. The van der Waals surface area contributed by atoms with Crippen molar-refractivity contribution in [2.24, 2.45) is 0 Å². The maximum Gasteiger partial charge on any atom is 0.324 e. The summed E-state index contributed by atoms with van der Waals surface area (Å²) in [7, 11) is 0. The van der Waals surface area contributed by atoms with Crippen LogP contribution in [0.15, 0.2) is 48.5 Å². The number of rotatable bonds is 1. The molecule has 2 aromatic carbocycles. The molecule has 0 atom stereocenters. The summed E-state index contributed by atoms with van der Waals surface area (Å²) in [5, 5.41) is 3.36. The van der Waals surface area contributed by atoms with Gasteiger partial charge in [0.1, 0.15) is 0 Å². The van der Waals surface area contributed by atoms with Crippen molar-refractivity contribution in [3.05, 3.63) is 54.1 Å². The molecule has 25 heavy (non-hydrogen) atoms. The molecule has 0 saturated carbocycles. The summed E-state index contributed by atoms with van der Waals surface area (Å²) in [4.78, 5) is 19.3. The minimum absolute atomic E-state index is 0.124.